The molecule has 0 unspecified atom stereocenters. The summed E-state index contributed by atoms with van der Waals surface area (Å²) in [5.74, 6) is 0. The van der Waals surface area contributed by atoms with Gasteiger partial charge in [0.25, 0.3) is 0 Å². The molecule has 0 amide bonds. The van der Waals surface area contributed by atoms with Crippen LogP contribution in [0.15, 0.2) is 66.7 Å². The molecule has 0 saturated carbocycles. The van der Waals surface area contributed by atoms with Crippen LogP contribution < -0.4 is 0 Å². The molecule has 1 aliphatic carbocycles. The average molecular weight is 362 g/mol. The SMILES string of the molecule is Cn1c2c(c3c(-c4ccc5c(c4)c4ccccc4n5C)cccc31)CCC=C2. The zero-order valence-electron chi connectivity index (χ0n) is 16.2. The maximum atomic E-state index is 2.38. The molecule has 5 aromatic rings. The summed E-state index contributed by atoms with van der Waals surface area (Å²) in [4.78, 5) is 0. The Balaban J connectivity index is 1.69. The predicted octanol–water partition coefficient (Wildman–Crippen LogP) is 6.45. The van der Waals surface area contributed by atoms with Crippen LogP contribution in [0.25, 0.3) is 49.9 Å². The van der Waals surface area contributed by atoms with Gasteiger partial charge in [-0.1, -0.05) is 42.5 Å². The molecule has 6 rings (SSSR count). The molecule has 1 aliphatic rings. The molecule has 3 aromatic carbocycles. The highest BCUT2D eigenvalue weighted by molar-refractivity contribution is 6.10. The lowest BCUT2D eigenvalue weighted by atomic mass is 9.94. The fraction of sp³-hybridized carbons (Fsp3) is 0.154. The Bertz CT molecular complexity index is 1430. The first-order valence-electron chi connectivity index (χ1n) is 9.98. The van der Waals surface area contributed by atoms with Gasteiger partial charge in [-0.25, -0.2) is 0 Å². The highest BCUT2D eigenvalue weighted by Gasteiger charge is 2.19. The minimum Gasteiger partial charge on any atom is -0.344 e. The number of nitrogens with zero attached hydrogens (tertiary/aromatic N) is 2. The lowest BCUT2D eigenvalue weighted by molar-refractivity contribution is 0.908. The van der Waals surface area contributed by atoms with E-state index in [-0.39, 0.29) is 0 Å². The highest BCUT2D eigenvalue weighted by Crippen LogP contribution is 2.39. The zero-order valence-corrected chi connectivity index (χ0v) is 16.2. The number of benzene rings is 3. The first kappa shape index (κ1) is 15.8. The smallest absolute Gasteiger partial charge is 0.0491 e. The third kappa shape index (κ3) is 1.98. The minimum absolute atomic E-state index is 1.12. The van der Waals surface area contributed by atoms with Crippen LogP contribution in [-0.2, 0) is 20.5 Å². The third-order valence-corrected chi connectivity index (χ3v) is 6.44. The van der Waals surface area contributed by atoms with E-state index < -0.39 is 0 Å². The second-order valence-electron chi connectivity index (χ2n) is 7.87. The van der Waals surface area contributed by atoms with E-state index in [0.29, 0.717) is 0 Å². The third-order valence-electron chi connectivity index (χ3n) is 6.44. The Kier molecular flexibility index (Phi) is 3.16. The Morgan fingerprint density at radius 3 is 2.50 bits per heavy atom. The molecule has 28 heavy (non-hydrogen) atoms. The molecule has 0 spiro atoms. The fourth-order valence-electron chi connectivity index (χ4n) is 5.06. The van der Waals surface area contributed by atoms with Crippen LogP contribution in [0.1, 0.15) is 17.7 Å². The number of hydrogen-bond acceptors (Lipinski definition) is 0. The van der Waals surface area contributed by atoms with E-state index >= 15 is 0 Å². The van der Waals surface area contributed by atoms with Crippen molar-refractivity contribution in [3.05, 3.63) is 78.0 Å². The molecule has 0 aliphatic heterocycles. The van der Waals surface area contributed by atoms with Gasteiger partial charge in [0, 0.05) is 52.5 Å². The fourth-order valence-corrected chi connectivity index (χ4v) is 5.06. The summed E-state index contributed by atoms with van der Waals surface area (Å²) >= 11 is 0. The molecule has 0 fully saturated rings. The van der Waals surface area contributed by atoms with Crippen molar-refractivity contribution in [2.45, 2.75) is 12.8 Å². The zero-order chi connectivity index (χ0) is 18.8. The van der Waals surface area contributed by atoms with Crippen molar-refractivity contribution >= 4 is 38.8 Å². The molecule has 136 valence electrons. The molecule has 2 heteroatoms. The monoisotopic (exact) mass is 362 g/mol. The molecular formula is C26H22N2. The minimum atomic E-state index is 1.12. The van der Waals surface area contributed by atoms with Crippen LogP contribution in [0.2, 0.25) is 0 Å². The van der Waals surface area contributed by atoms with E-state index in [9.17, 15) is 0 Å². The van der Waals surface area contributed by atoms with Gasteiger partial charge in [0.15, 0.2) is 0 Å². The number of hydrogen-bond donors (Lipinski definition) is 0. The van der Waals surface area contributed by atoms with Crippen LogP contribution in [-0.4, -0.2) is 9.13 Å². The van der Waals surface area contributed by atoms with Crippen molar-refractivity contribution in [1.82, 2.24) is 9.13 Å². The Hall–Kier alpha value is -3.26. The summed E-state index contributed by atoms with van der Waals surface area (Å²) in [6.45, 7) is 0. The number of allylic oxidation sites excluding steroid dienone is 1. The molecule has 0 saturated heterocycles. The molecule has 0 radical (unpaired) electrons. The maximum Gasteiger partial charge on any atom is 0.0491 e. The summed E-state index contributed by atoms with van der Waals surface area (Å²) < 4.78 is 4.64. The summed E-state index contributed by atoms with van der Waals surface area (Å²) in [5, 5.41) is 4.08. The normalized spacial score (nSPS) is 13.6. The van der Waals surface area contributed by atoms with Gasteiger partial charge in [-0.15, -0.1) is 0 Å². The van der Waals surface area contributed by atoms with E-state index in [1.807, 2.05) is 0 Å². The lowest BCUT2D eigenvalue weighted by Crippen LogP contribution is -1.96. The second-order valence-corrected chi connectivity index (χ2v) is 7.87. The van der Waals surface area contributed by atoms with E-state index in [1.54, 1.807) is 0 Å². The van der Waals surface area contributed by atoms with Crippen LogP contribution in [0.5, 0.6) is 0 Å². The van der Waals surface area contributed by atoms with Crippen molar-refractivity contribution in [2.24, 2.45) is 14.1 Å². The number of rotatable bonds is 1. The largest absolute Gasteiger partial charge is 0.344 e. The number of fused-ring (bicyclic) bond motifs is 6. The van der Waals surface area contributed by atoms with E-state index in [2.05, 4.69) is 96.0 Å². The molecule has 0 atom stereocenters. The number of para-hydroxylation sites is 1. The summed E-state index contributed by atoms with van der Waals surface area (Å²) in [7, 11) is 4.35. The maximum absolute atomic E-state index is 2.38. The van der Waals surface area contributed by atoms with Crippen LogP contribution in [0.4, 0.5) is 0 Å². The van der Waals surface area contributed by atoms with Gasteiger partial charge in [0.2, 0.25) is 0 Å². The second kappa shape index (κ2) is 5.62. The van der Waals surface area contributed by atoms with Gasteiger partial charge in [0.05, 0.1) is 0 Å². The van der Waals surface area contributed by atoms with Gasteiger partial charge in [-0.3, -0.25) is 0 Å². The molecule has 0 bridgehead atoms. The van der Waals surface area contributed by atoms with Crippen molar-refractivity contribution in [3.63, 3.8) is 0 Å². The van der Waals surface area contributed by atoms with Crippen molar-refractivity contribution in [3.8, 4) is 11.1 Å². The summed E-state index contributed by atoms with van der Waals surface area (Å²) in [5.41, 5.74) is 9.41. The molecule has 2 heterocycles. The van der Waals surface area contributed by atoms with Crippen LogP contribution in [0, 0.1) is 0 Å². The van der Waals surface area contributed by atoms with Crippen molar-refractivity contribution < 1.29 is 0 Å². The Morgan fingerprint density at radius 2 is 1.57 bits per heavy atom. The molecule has 0 N–H and O–H groups in total. The molecule has 2 aromatic heterocycles. The first-order chi connectivity index (χ1) is 13.7. The molecule has 2 nitrogen and oxygen atoms in total. The Labute approximate surface area is 164 Å². The van der Waals surface area contributed by atoms with Gasteiger partial charge in [-0.05, 0) is 59.9 Å². The average Bonchev–Trinajstić information content (AvgIpc) is 3.21. The van der Waals surface area contributed by atoms with Crippen LogP contribution >= 0.6 is 0 Å². The summed E-state index contributed by atoms with van der Waals surface area (Å²) in [6, 6.07) is 22.4. The predicted molar refractivity (Wildman–Crippen MR) is 120 cm³/mol. The van der Waals surface area contributed by atoms with Gasteiger partial charge < -0.3 is 9.13 Å². The van der Waals surface area contributed by atoms with E-state index in [4.69, 9.17) is 0 Å². The Morgan fingerprint density at radius 1 is 0.750 bits per heavy atom. The highest BCUT2D eigenvalue weighted by atomic mass is 14.9. The number of aryl methyl sites for hydroxylation is 3. The first-order valence-corrected chi connectivity index (χ1v) is 9.98. The quantitative estimate of drug-likeness (QED) is 0.324. The van der Waals surface area contributed by atoms with Crippen molar-refractivity contribution in [1.29, 1.82) is 0 Å². The standard InChI is InChI=1S/C26H22N2/c1-27-22-11-5-3-8-19(22)21-16-17(14-15-24(21)27)18-10-7-13-25-26(18)20-9-4-6-12-23(20)28(25)2/h3,5-8,10-16H,4,9H2,1-2H3. The van der Waals surface area contributed by atoms with Gasteiger partial charge in [-0.2, -0.15) is 0 Å². The van der Waals surface area contributed by atoms with E-state index in [0.717, 1.165) is 12.8 Å². The van der Waals surface area contributed by atoms with Crippen LogP contribution in [0.3, 0.4) is 0 Å². The van der Waals surface area contributed by atoms with Gasteiger partial charge >= 0.3 is 0 Å². The number of aromatic nitrogens is 2. The summed E-state index contributed by atoms with van der Waals surface area (Å²) in [6.07, 6.45) is 6.83. The molecular weight excluding hydrogens is 340 g/mol. The lowest BCUT2D eigenvalue weighted by Gasteiger charge is -2.09. The topological polar surface area (TPSA) is 9.86 Å². The van der Waals surface area contributed by atoms with Gasteiger partial charge in [0.1, 0.15) is 0 Å². The van der Waals surface area contributed by atoms with E-state index in [1.165, 1.54) is 55.1 Å². The van der Waals surface area contributed by atoms with Crippen molar-refractivity contribution in [2.75, 3.05) is 0 Å².